The van der Waals surface area contributed by atoms with Crippen molar-refractivity contribution in [2.24, 2.45) is 0 Å². The van der Waals surface area contributed by atoms with Crippen LogP contribution in [0.4, 0.5) is 10.5 Å². The first kappa shape index (κ1) is 12.0. The zero-order valence-electron chi connectivity index (χ0n) is 9.96. The monoisotopic (exact) mass is 243 g/mol. The normalized spacial score (nSPS) is 9.83. The molecule has 5 heteroatoms. The van der Waals surface area contributed by atoms with Crippen LogP contribution in [0.2, 0.25) is 0 Å². The number of rotatable bonds is 3. The van der Waals surface area contributed by atoms with Crippen LogP contribution in [0.15, 0.2) is 42.7 Å². The van der Waals surface area contributed by atoms with Crippen LogP contribution in [0, 0.1) is 0 Å². The van der Waals surface area contributed by atoms with Gasteiger partial charge in [0.25, 0.3) is 0 Å². The molecular formula is C13H13N3O2. The predicted octanol–water partition coefficient (Wildman–Crippen LogP) is 2.65. The highest BCUT2D eigenvalue weighted by Crippen LogP contribution is 2.08. The second kappa shape index (κ2) is 5.77. The molecule has 92 valence electrons. The van der Waals surface area contributed by atoms with Gasteiger partial charge in [0.2, 0.25) is 5.88 Å². The number of aryl methyl sites for hydroxylation is 1. The molecule has 0 aliphatic carbocycles. The Morgan fingerprint density at radius 2 is 2.00 bits per heavy atom. The molecule has 0 bridgehead atoms. The molecule has 1 N–H and O–H groups in total. The van der Waals surface area contributed by atoms with E-state index in [1.54, 1.807) is 18.3 Å². The van der Waals surface area contributed by atoms with Gasteiger partial charge < -0.3 is 4.74 Å². The fourth-order valence-corrected chi connectivity index (χ4v) is 1.34. The van der Waals surface area contributed by atoms with Gasteiger partial charge in [-0.2, -0.15) is 0 Å². The standard InChI is InChI=1S/C13H13N3O2/c1-2-10-8-15-12(9-14-10)18-13(17)16-11-6-4-3-5-7-11/h3-9H,2H2,1H3,(H,16,17). The maximum Gasteiger partial charge on any atom is 0.418 e. The SMILES string of the molecule is CCc1cnc(OC(=O)Nc2ccccc2)cn1. The molecule has 2 aromatic rings. The average Bonchev–Trinajstić information content (AvgIpc) is 2.40. The third-order valence-corrected chi connectivity index (χ3v) is 2.26. The fraction of sp³-hybridized carbons (Fsp3) is 0.154. The van der Waals surface area contributed by atoms with E-state index in [0.717, 1.165) is 12.1 Å². The van der Waals surface area contributed by atoms with Crippen LogP contribution in [0.5, 0.6) is 5.88 Å². The number of ether oxygens (including phenoxy) is 1. The first-order valence-corrected chi connectivity index (χ1v) is 5.62. The molecule has 5 nitrogen and oxygen atoms in total. The summed E-state index contributed by atoms with van der Waals surface area (Å²) in [4.78, 5) is 19.6. The summed E-state index contributed by atoms with van der Waals surface area (Å²) in [5, 5.41) is 2.59. The van der Waals surface area contributed by atoms with Gasteiger partial charge in [-0.25, -0.2) is 9.78 Å². The zero-order valence-corrected chi connectivity index (χ0v) is 9.96. The van der Waals surface area contributed by atoms with Crippen LogP contribution in [0.1, 0.15) is 12.6 Å². The number of benzene rings is 1. The number of nitrogens with one attached hydrogen (secondary N) is 1. The van der Waals surface area contributed by atoms with Crippen LogP contribution < -0.4 is 10.1 Å². The highest BCUT2D eigenvalue weighted by atomic mass is 16.6. The third kappa shape index (κ3) is 3.28. The number of hydrogen-bond donors (Lipinski definition) is 1. The lowest BCUT2D eigenvalue weighted by molar-refractivity contribution is 0.213. The molecule has 2 rings (SSSR count). The summed E-state index contributed by atoms with van der Waals surface area (Å²) in [6, 6.07) is 9.06. The lowest BCUT2D eigenvalue weighted by Crippen LogP contribution is -2.17. The van der Waals surface area contributed by atoms with E-state index in [9.17, 15) is 4.79 Å². The average molecular weight is 243 g/mol. The Balaban J connectivity index is 1.94. The Kier molecular flexibility index (Phi) is 3.86. The summed E-state index contributed by atoms with van der Waals surface area (Å²) < 4.78 is 4.99. The van der Waals surface area contributed by atoms with E-state index in [1.165, 1.54) is 6.20 Å². The molecule has 0 fully saturated rings. The minimum atomic E-state index is -0.584. The number of hydrogen-bond acceptors (Lipinski definition) is 4. The molecule has 0 aliphatic rings. The molecule has 1 amide bonds. The summed E-state index contributed by atoms with van der Waals surface area (Å²) >= 11 is 0. The van der Waals surface area contributed by atoms with Crippen molar-refractivity contribution in [3.8, 4) is 5.88 Å². The number of anilines is 1. The quantitative estimate of drug-likeness (QED) is 0.900. The van der Waals surface area contributed by atoms with Crippen LogP contribution >= 0.6 is 0 Å². The number of nitrogens with zero attached hydrogens (tertiary/aromatic N) is 2. The number of carbonyl (C=O) groups excluding carboxylic acids is 1. The van der Waals surface area contributed by atoms with Crippen molar-refractivity contribution in [2.75, 3.05) is 5.32 Å². The van der Waals surface area contributed by atoms with E-state index >= 15 is 0 Å². The fourth-order valence-electron chi connectivity index (χ4n) is 1.34. The van der Waals surface area contributed by atoms with Gasteiger partial charge in [-0.15, -0.1) is 0 Å². The smallest absolute Gasteiger partial charge is 0.389 e. The number of aromatic nitrogens is 2. The first-order valence-electron chi connectivity index (χ1n) is 5.62. The molecule has 0 saturated carbocycles. The van der Waals surface area contributed by atoms with Gasteiger partial charge in [-0.05, 0) is 18.6 Å². The van der Waals surface area contributed by atoms with Crippen molar-refractivity contribution >= 4 is 11.8 Å². The van der Waals surface area contributed by atoms with Crippen molar-refractivity contribution in [1.29, 1.82) is 0 Å². The zero-order chi connectivity index (χ0) is 12.8. The first-order chi connectivity index (χ1) is 8.78. The van der Waals surface area contributed by atoms with Gasteiger partial charge in [-0.3, -0.25) is 10.3 Å². The Hall–Kier alpha value is -2.43. The van der Waals surface area contributed by atoms with Gasteiger partial charge in [0.05, 0.1) is 18.1 Å². The van der Waals surface area contributed by atoms with Gasteiger partial charge in [-0.1, -0.05) is 25.1 Å². The molecule has 18 heavy (non-hydrogen) atoms. The van der Waals surface area contributed by atoms with Gasteiger partial charge in [0, 0.05) is 5.69 Å². The van der Waals surface area contributed by atoms with Crippen molar-refractivity contribution in [3.63, 3.8) is 0 Å². The van der Waals surface area contributed by atoms with E-state index in [4.69, 9.17) is 4.74 Å². The van der Waals surface area contributed by atoms with Crippen molar-refractivity contribution in [2.45, 2.75) is 13.3 Å². The lowest BCUT2D eigenvalue weighted by Gasteiger charge is -2.05. The molecule has 0 spiro atoms. The van der Waals surface area contributed by atoms with Crippen LogP contribution in [-0.4, -0.2) is 16.1 Å². The van der Waals surface area contributed by atoms with E-state index in [0.29, 0.717) is 5.69 Å². The predicted molar refractivity (Wildman–Crippen MR) is 67.5 cm³/mol. The Bertz CT molecular complexity index is 512. The summed E-state index contributed by atoms with van der Waals surface area (Å²) in [5.74, 6) is 0.181. The second-order valence-electron chi connectivity index (χ2n) is 3.58. The van der Waals surface area contributed by atoms with Crippen molar-refractivity contribution < 1.29 is 9.53 Å². The molecular weight excluding hydrogens is 230 g/mol. The van der Waals surface area contributed by atoms with Crippen molar-refractivity contribution in [1.82, 2.24) is 9.97 Å². The highest BCUT2D eigenvalue weighted by molar-refractivity contribution is 5.85. The summed E-state index contributed by atoms with van der Waals surface area (Å²) in [7, 11) is 0. The second-order valence-corrected chi connectivity index (χ2v) is 3.58. The van der Waals surface area contributed by atoms with Gasteiger partial charge in [0.15, 0.2) is 0 Å². The lowest BCUT2D eigenvalue weighted by atomic mass is 10.3. The molecule has 0 aliphatic heterocycles. The Labute approximate surface area is 105 Å². The summed E-state index contributed by atoms with van der Waals surface area (Å²) in [6.45, 7) is 1.98. The van der Waals surface area contributed by atoms with Crippen molar-refractivity contribution in [3.05, 3.63) is 48.4 Å². The van der Waals surface area contributed by atoms with Crippen LogP contribution in [-0.2, 0) is 6.42 Å². The number of amides is 1. The molecule has 0 saturated heterocycles. The van der Waals surface area contributed by atoms with E-state index in [-0.39, 0.29) is 5.88 Å². The largest absolute Gasteiger partial charge is 0.418 e. The van der Waals surface area contributed by atoms with Gasteiger partial charge in [0.1, 0.15) is 0 Å². The van der Waals surface area contributed by atoms with E-state index in [2.05, 4.69) is 15.3 Å². The molecule has 1 heterocycles. The van der Waals surface area contributed by atoms with Crippen LogP contribution in [0.25, 0.3) is 0 Å². The number of carbonyl (C=O) groups is 1. The molecule has 0 radical (unpaired) electrons. The third-order valence-electron chi connectivity index (χ3n) is 2.26. The Morgan fingerprint density at radius 1 is 1.22 bits per heavy atom. The molecule has 0 unspecified atom stereocenters. The Morgan fingerprint density at radius 3 is 2.61 bits per heavy atom. The van der Waals surface area contributed by atoms with Gasteiger partial charge >= 0.3 is 6.09 Å². The summed E-state index contributed by atoms with van der Waals surface area (Å²) in [5.41, 5.74) is 1.52. The molecule has 0 atom stereocenters. The van der Waals surface area contributed by atoms with E-state index in [1.807, 2.05) is 25.1 Å². The van der Waals surface area contributed by atoms with Crippen LogP contribution in [0.3, 0.4) is 0 Å². The summed E-state index contributed by atoms with van der Waals surface area (Å²) in [6.07, 6.45) is 3.23. The topological polar surface area (TPSA) is 64.1 Å². The maximum atomic E-state index is 11.5. The number of para-hydroxylation sites is 1. The molecule has 1 aromatic carbocycles. The molecule has 1 aromatic heterocycles. The highest BCUT2D eigenvalue weighted by Gasteiger charge is 2.06. The minimum absolute atomic E-state index is 0.181. The van der Waals surface area contributed by atoms with E-state index < -0.39 is 6.09 Å². The maximum absolute atomic E-state index is 11.5. The minimum Gasteiger partial charge on any atom is -0.389 e.